The molecule has 0 unspecified atom stereocenters. The fraction of sp³-hybridized carbons (Fsp3) is 0.150. The van der Waals surface area contributed by atoms with Crippen LogP contribution in [0.4, 0.5) is 5.82 Å². The molecular formula is C20H20N6. The number of hydrogen-bond donors (Lipinski definition) is 1. The normalized spacial score (nSPS) is 11.0. The van der Waals surface area contributed by atoms with E-state index in [1.54, 1.807) is 6.20 Å². The van der Waals surface area contributed by atoms with Crippen LogP contribution in [0.25, 0.3) is 28.2 Å². The van der Waals surface area contributed by atoms with Crippen LogP contribution < -0.4 is 10.6 Å². The smallest absolute Gasteiger partial charge is 0.156 e. The molecule has 130 valence electrons. The number of likely N-dealkylation sites (N-methyl/N-ethyl adjacent to an activating group) is 1. The maximum atomic E-state index is 5.65. The fourth-order valence-electron chi connectivity index (χ4n) is 2.96. The molecule has 0 amide bonds. The Balaban J connectivity index is 1.78. The van der Waals surface area contributed by atoms with E-state index in [0.717, 1.165) is 40.5 Å². The van der Waals surface area contributed by atoms with Gasteiger partial charge in [0.05, 0.1) is 11.4 Å². The molecule has 26 heavy (non-hydrogen) atoms. The van der Waals surface area contributed by atoms with Gasteiger partial charge in [-0.2, -0.15) is 5.10 Å². The third-order valence-corrected chi connectivity index (χ3v) is 4.32. The Hall–Kier alpha value is -3.25. The summed E-state index contributed by atoms with van der Waals surface area (Å²) in [5.74, 6) is 0.876. The lowest BCUT2D eigenvalue weighted by Crippen LogP contribution is -2.25. The molecule has 0 spiro atoms. The van der Waals surface area contributed by atoms with Crippen LogP contribution in [-0.2, 0) is 0 Å². The van der Waals surface area contributed by atoms with Gasteiger partial charge in [0.1, 0.15) is 5.82 Å². The Kier molecular flexibility index (Phi) is 4.33. The van der Waals surface area contributed by atoms with E-state index in [1.165, 1.54) is 0 Å². The highest BCUT2D eigenvalue weighted by Crippen LogP contribution is 2.25. The van der Waals surface area contributed by atoms with Crippen LogP contribution in [-0.4, -0.2) is 39.7 Å². The van der Waals surface area contributed by atoms with Gasteiger partial charge in [-0.3, -0.25) is 0 Å². The van der Waals surface area contributed by atoms with Crippen molar-refractivity contribution in [3.05, 3.63) is 67.0 Å². The molecule has 3 heterocycles. The van der Waals surface area contributed by atoms with Gasteiger partial charge in [0.15, 0.2) is 5.65 Å². The van der Waals surface area contributed by atoms with E-state index in [0.29, 0.717) is 6.54 Å². The monoisotopic (exact) mass is 344 g/mol. The first kappa shape index (κ1) is 16.2. The molecule has 3 aromatic heterocycles. The third-order valence-electron chi connectivity index (χ3n) is 4.32. The van der Waals surface area contributed by atoms with Gasteiger partial charge in [-0.05, 0) is 18.2 Å². The van der Waals surface area contributed by atoms with E-state index in [2.05, 4.69) is 22.1 Å². The van der Waals surface area contributed by atoms with E-state index >= 15 is 0 Å². The molecule has 0 aliphatic rings. The summed E-state index contributed by atoms with van der Waals surface area (Å²) >= 11 is 0. The van der Waals surface area contributed by atoms with Gasteiger partial charge in [-0.25, -0.2) is 14.5 Å². The summed E-state index contributed by atoms with van der Waals surface area (Å²) in [5.41, 5.74) is 10.4. The molecule has 0 saturated carbocycles. The number of hydrogen-bond acceptors (Lipinski definition) is 5. The highest BCUT2D eigenvalue weighted by Gasteiger charge is 2.11. The number of nitrogens with zero attached hydrogens (tertiary/aromatic N) is 5. The molecule has 0 aliphatic carbocycles. The summed E-state index contributed by atoms with van der Waals surface area (Å²) in [4.78, 5) is 10.9. The van der Waals surface area contributed by atoms with Crippen LogP contribution >= 0.6 is 0 Å². The van der Waals surface area contributed by atoms with Gasteiger partial charge in [-0.15, -0.1) is 0 Å². The lowest BCUT2D eigenvalue weighted by atomic mass is 10.1. The Morgan fingerprint density at radius 2 is 1.77 bits per heavy atom. The van der Waals surface area contributed by atoms with Crippen molar-refractivity contribution in [1.82, 2.24) is 19.6 Å². The van der Waals surface area contributed by atoms with E-state index in [1.807, 2.05) is 65.1 Å². The third kappa shape index (κ3) is 3.02. The summed E-state index contributed by atoms with van der Waals surface area (Å²) in [6.45, 7) is 1.34. The minimum Gasteiger partial charge on any atom is -0.358 e. The van der Waals surface area contributed by atoms with Crippen LogP contribution in [0.3, 0.4) is 0 Å². The van der Waals surface area contributed by atoms with Crippen LogP contribution in [0.1, 0.15) is 0 Å². The summed E-state index contributed by atoms with van der Waals surface area (Å²) in [5, 5.41) is 4.79. The summed E-state index contributed by atoms with van der Waals surface area (Å²) < 4.78 is 1.88. The van der Waals surface area contributed by atoms with Gasteiger partial charge in [0, 0.05) is 49.7 Å². The molecule has 0 bridgehead atoms. The van der Waals surface area contributed by atoms with Crippen molar-refractivity contribution >= 4 is 11.5 Å². The quantitative estimate of drug-likeness (QED) is 0.603. The summed E-state index contributed by atoms with van der Waals surface area (Å²) in [6.07, 6.45) is 3.61. The van der Waals surface area contributed by atoms with Gasteiger partial charge in [-0.1, -0.05) is 30.3 Å². The molecule has 4 rings (SSSR count). The second-order valence-electron chi connectivity index (χ2n) is 6.11. The largest absolute Gasteiger partial charge is 0.358 e. The number of pyridine rings is 1. The molecule has 1 aromatic carbocycles. The number of rotatable bonds is 5. The van der Waals surface area contributed by atoms with Gasteiger partial charge in [0.2, 0.25) is 0 Å². The standard InChI is InChI=1S/C20H20N6/c1-25(12-9-21)19-13-16(7-10-22-19)17-14-20-23-11-8-18(26(20)24-17)15-5-3-2-4-6-15/h2-8,10-11,13-14H,9,12,21H2,1H3. The summed E-state index contributed by atoms with van der Waals surface area (Å²) in [6, 6.07) is 18.2. The van der Waals surface area contributed by atoms with E-state index in [-0.39, 0.29) is 0 Å². The van der Waals surface area contributed by atoms with Gasteiger partial charge < -0.3 is 10.6 Å². The predicted molar refractivity (Wildman–Crippen MR) is 104 cm³/mol. The minimum atomic E-state index is 0.584. The van der Waals surface area contributed by atoms with E-state index in [4.69, 9.17) is 10.8 Å². The fourth-order valence-corrected chi connectivity index (χ4v) is 2.96. The zero-order valence-corrected chi connectivity index (χ0v) is 14.6. The molecule has 6 heteroatoms. The number of benzene rings is 1. The number of aromatic nitrogens is 4. The Morgan fingerprint density at radius 3 is 2.58 bits per heavy atom. The van der Waals surface area contributed by atoms with Crippen molar-refractivity contribution in [2.45, 2.75) is 0 Å². The van der Waals surface area contributed by atoms with Gasteiger partial charge >= 0.3 is 0 Å². The maximum Gasteiger partial charge on any atom is 0.156 e. The predicted octanol–water partition coefficient (Wildman–Crippen LogP) is 2.85. The number of anilines is 1. The second kappa shape index (κ2) is 6.93. The highest BCUT2D eigenvalue weighted by atomic mass is 15.3. The minimum absolute atomic E-state index is 0.584. The molecular weight excluding hydrogens is 324 g/mol. The van der Waals surface area contributed by atoms with E-state index in [9.17, 15) is 0 Å². The van der Waals surface area contributed by atoms with Crippen molar-refractivity contribution < 1.29 is 0 Å². The first-order valence-electron chi connectivity index (χ1n) is 8.54. The van der Waals surface area contributed by atoms with Crippen LogP contribution in [0.2, 0.25) is 0 Å². The topological polar surface area (TPSA) is 72.3 Å². The Bertz CT molecular complexity index is 1020. The number of nitrogens with two attached hydrogens (primary N) is 1. The first-order chi connectivity index (χ1) is 12.8. The van der Waals surface area contributed by atoms with Crippen LogP contribution in [0.15, 0.2) is 67.0 Å². The Labute approximate surface area is 151 Å². The molecule has 0 aliphatic heterocycles. The summed E-state index contributed by atoms with van der Waals surface area (Å²) in [7, 11) is 1.98. The Morgan fingerprint density at radius 1 is 0.962 bits per heavy atom. The van der Waals surface area contributed by atoms with Crippen molar-refractivity contribution in [1.29, 1.82) is 0 Å². The number of fused-ring (bicyclic) bond motifs is 1. The average molecular weight is 344 g/mol. The molecule has 0 radical (unpaired) electrons. The molecule has 2 N–H and O–H groups in total. The molecule has 0 saturated heterocycles. The van der Waals surface area contributed by atoms with Crippen molar-refractivity contribution in [2.24, 2.45) is 5.73 Å². The van der Waals surface area contributed by atoms with Crippen molar-refractivity contribution in [2.75, 3.05) is 25.0 Å². The highest BCUT2D eigenvalue weighted by molar-refractivity contribution is 5.69. The molecule has 6 nitrogen and oxygen atoms in total. The maximum absolute atomic E-state index is 5.65. The lowest BCUT2D eigenvalue weighted by molar-refractivity contribution is 0.868. The van der Waals surface area contributed by atoms with Crippen LogP contribution in [0, 0.1) is 0 Å². The zero-order chi connectivity index (χ0) is 17.9. The molecule has 0 atom stereocenters. The second-order valence-corrected chi connectivity index (χ2v) is 6.11. The van der Waals surface area contributed by atoms with Crippen LogP contribution in [0.5, 0.6) is 0 Å². The zero-order valence-electron chi connectivity index (χ0n) is 14.6. The van der Waals surface area contributed by atoms with Gasteiger partial charge in [0.25, 0.3) is 0 Å². The van der Waals surface area contributed by atoms with E-state index < -0.39 is 0 Å². The average Bonchev–Trinajstić information content (AvgIpc) is 3.13. The lowest BCUT2D eigenvalue weighted by Gasteiger charge is -2.17. The molecule has 4 aromatic rings. The van der Waals surface area contributed by atoms with Crippen molar-refractivity contribution in [3.63, 3.8) is 0 Å². The molecule has 0 fully saturated rings. The SMILES string of the molecule is CN(CCN)c1cc(-c2cc3nccc(-c4ccccc4)n3n2)ccn1. The first-order valence-corrected chi connectivity index (χ1v) is 8.54. The van der Waals surface area contributed by atoms with Crippen molar-refractivity contribution in [3.8, 4) is 22.5 Å².